The van der Waals surface area contributed by atoms with Crippen molar-refractivity contribution in [1.29, 1.82) is 0 Å². The molecule has 2 aliphatic heterocycles. The predicted octanol–water partition coefficient (Wildman–Crippen LogP) is 14.3. The Morgan fingerprint density at radius 1 is 0.338 bits per heavy atom. The highest BCUT2D eigenvalue weighted by Crippen LogP contribution is 2.51. The molecule has 65 heavy (non-hydrogen) atoms. The lowest BCUT2D eigenvalue weighted by Gasteiger charge is -2.43. The zero-order valence-corrected chi connectivity index (χ0v) is 35.2. The van der Waals surface area contributed by atoms with E-state index in [-0.39, 0.29) is 6.85 Å². The topological polar surface area (TPSA) is 15.8 Å². The second-order valence-corrected chi connectivity index (χ2v) is 17.6. The molecule has 0 atom stereocenters. The van der Waals surface area contributed by atoms with Crippen LogP contribution in [0.3, 0.4) is 0 Å². The van der Waals surface area contributed by atoms with E-state index in [9.17, 15) is 0 Å². The van der Waals surface area contributed by atoms with Gasteiger partial charge >= 0.3 is 6.85 Å². The molecule has 15 rings (SSSR count). The van der Waals surface area contributed by atoms with Gasteiger partial charge in [0.2, 0.25) is 0 Å². The Hall–Kier alpha value is -8.54. The SMILES string of the molecule is c1ccc(-c2ccccc2N2B3c4c(cc(N(c5ccccc5)c5ccccc5)cc4-n4c5ccccc5c5cccc3c54)-c3cc4c(cc32)c2cccc3c5ccccc5n4c32)cc1. The Bertz CT molecular complexity index is 4040. The number of para-hydroxylation sites is 7. The Morgan fingerprint density at radius 3 is 1.68 bits per heavy atom. The minimum atomic E-state index is -0.135. The molecule has 10 aromatic carbocycles. The van der Waals surface area contributed by atoms with Crippen molar-refractivity contribution in [3.05, 3.63) is 224 Å². The van der Waals surface area contributed by atoms with E-state index in [2.05, 4.69) is 243 Å². The van der Waals surface area contributed by atoms with Gasteiger partial charge in [-0.3, -0.25) is 0 Å². The number of aromatic nitrogens is 2. The fraction of sp³-hybridized carbons (Fsp3) is 0. The molecule has 13 aromatic rings. The fourth-order valence-corrected chi connectivity index (χ4v) is 11.8. The second kappa shape index (κ2) is 13.0. The van der Waals surface area contributed by atoms with E-state index in [1.807, 2.05) is 0 Å². The van der Waals surface area contributed by atoms with Crippen molar-refractivity contribution >= 4 is 106 Å². The summed E-state index contributed by atoms with van der Waals surface area (Å²) in [6.45, 7) is -0.135. The molecule has 3 aromatic heterocycles. The fourth-order valence-electron chi connectivity index (χ4n) is 11.8. The van der Waals surface area contributed by atoms with Crippen LogP contribution in [0.25, 0.3) is 87.8 Å². The van der Waals surface area contributed by atoms with E-state index in [1.54, 1.807) is 0 Å². The molecule has 300 valence electrons. The Kier molecular flexibility index (Phi) is 7.00. The molecule has 5 heteroatoms. The van der Waals surface area contributed by atoms with Crippen LogP contribution >= 0.6 is 0 Å². The first kappa shape index (κ1) is 35.0. The molecule has 0 amide bonds. The number of hydrogen-bond acceptors (Lipinski definition) is 2. The van der Waals surface area contributed by atoms with Crippen LogP contribution in [0.4, 0.5) is 28.4 Å². The van der Waals surface area contributed by atoms with E-state index in [0.29, 0.717) is 0 Å². The van der Waals surface area contributed by atoms with Crippen molar-refractivity contribution in [1.82, 2.24) is 8.97 Å². The summed E-state index contributed by atoms with van der Waals surface area (Å²) in [4.78, 5) is 5.12. The van der Waals surface area contributed by atoms with Crippen molar-refractivity contribution in [3.8, 4) is 27.9 Å². The first-order valence-electron chi connectivity index (χ1n) is 22.6. The average molecular weight is 825 g/mol. The van der Waals surface area contributed by atoms with Crippen molar-refractivity contribution in [2.24, 2.45) is 0 Å². The summed E-state index contributed by atoms with van der Waals surface area (Å²) in [6.07, 6.45) is 0. The molecule has 4 nitrogen and oxygen atoms in total. The molecule has 0 saturated carbocycles. The van der Waals surface area contributed by atoms with Crippen LogP contribution in [0.1, 0.15) is 0 Å². The smallest absolute Gasteiger partial charge is 0.333 e. The van der Waals surface area contributed by atoms with Crippen molar-refractivity contribution in [2.45, 2.75) is 0 Å². The third-order valence-corrected chi connectivity index (χ3v) is 14.4. The Balaban J connectivity index is 1.14. The molecule has 0 saturated heterocycles. The second-order valence-electron chi connectivity index (χ2n) is 17.6. The predicted molar refractivity (Wildman–Crippen MR) is 275 cm³/mol. The minimum absolute atomic E-state index is 0.135. The van der Waals surface area contributed by atoms with Gasteiger partial charge in [0.05, 0.1) is 27.6 Å². The standard InChI is InChI=1S/C60H37BN4/c1-4-18-38(19-5-1)42-24-10-15-33-54(42)65-56-37-48-47-28-16-27-45-43-25-11-13-31-52(43)63(59(45)47)55(48)36-49(56)50-34-41(62(39-20-6-2-7-21-39)40-22-8-3-9-23-40)35-57-58(50)61(65)51-30-17-29-46-44-26-12-14-32-53(44)64(57)60(46)51/h1-37H. The number of anilines is 5. The Morgan fingerprint density at radius 2 is 0.923 bits per heavy atom. The molecule has 0 fully saturated rings. The quantitative estimate of drug-likeness (QED) is 0.161. The number of hydrogen-bond donors (Lipinski definition) is 0. The number of rotatable bonds is 5. The normalized spacial score (nSPS) is 12.9. The van der Waals surface area contributed by atoms with Gasteiger partial charge in [-0.05, 0) is 88.8 Å². The van der Waals surface area contributed by atoms with Crippen LogP contribution in [0.15, 0.2) is 224 Å². The van der Waals surface area contributed by atoms with Crippen LogP contribution in [-0.4, -0.2) is 15.8 Å². The zero-order valence-electron chi connectivity index (χ0n) is 35.2. The van der Waals surface area contributed by atoms with Crippen molar-refractivity contribution in [3.63, 3.8) is 0 Å². The highest BCUT2D eigenvalue weighted by Gasteiger charge is 2.45. The molecular formula is C60H37BN4. The first-order chi connectivity index (χ1) is 32.3. The van der Waals surface area contributed by atoms with Crippen molar-refractivity contribution < 1.29 is 0 Å². The third-order valence-electron chi connectivity index (χ3n) is 14.4. The molecule has 0 unspecified atom stereocenters. The van der Waals surface area contributed by atoms with E-state index in [1.165, 1.54) is 110 Å². The van der Waals surface area contributed by atoms with Crippen LogP contribution in [0, 0.1) is 0 Å². The molecule has 0 bridgehead atoms. The number of fused-ring (bicyclic) bond motifs is 13. The minimum Gasteiger partial charge on any atom is -0.376 e. The van der Waals surface area contributed by atoms with Gasteiger partial charge in [-0.25, -0.2) is 0 Å². The summed E-state index contributed by atoms with van der Waals surface area (Å²) in [5.41, 5.74) is 20.6. The average Bonchev–Trinajstić information content (AvgIpc) is 4.02. The van der Waals surface area contributed by atoms with Gasteiger partial charge < -0.3 is 18.7 Å². The van der Waals surface area contributed by atoms with Crippen LogP contribution in [-0.2, 0) is 0 Å². The molecule has 2 aliphatic rings. The zero-order chi connectivity index (χ0) is 42.3. The summed E-state index contributed by atoms with van der Waals surface area (Å²) in [5.74, 6) is 0. The van der Waals surface area contributed by atoms with Gasteiger partial charge in [0.15, 0.2) is 0 Å². The highest BCUT2D eigenvalue weighted by atomic mass is 15.2. The first-order valence-corrected chi connectivity index (χ1v) is 22.6. The molecule has 0 N–H and O–H groups in total. The molecule has 0 spiro atoms. The van der Waals surface area contributed by atoms with E-state index in [4.69, 9.17) is 0 Å². The Labute approximate surface area is 375 Å². The summed E-state index contributed by atoms with van der Waals surface area (Å²) in [5, 5.41) is 7.64. The number of benzene rings is 10. The van der Waals surface area contributed by atoms with E-state index >= 15 is 0 Å². The maximum Gasteiger partial charge on any atom is 0.333 e. The van der Waals surface area contributed by atoms with Gasteiger partial charge in [0, 0.05) is 77.6 Å². The maximum absolute atomic E-state index is 2.69. The van der Waals surface area contributed by atoms with E-state index in [0.717, 1.165) is 17.1 Å². The van der Waals surface area contributed by atoms with Gasteiger partial charge in [0.25, 0.3) is 0 Å². The molecular weight excluding hydrogens is 787 g/mol. The lowest BCUT2D eigenvalue weighted by atomic mass is 9.44. The van der Waals surface area contributed by atoms with Crippen molar-refractivity contribution in [2.75, 3.05) is 9.71 Å². The largest absolute Gasteiger partial charge is 0.376 e. The van der Waals surface area contributed by atoms with Gasteiger partial charge in [-0.1, -0.05) is 158 Å². The maximum atomic E-state index is 2.69. The lowest BCUT2D eigenvalue weighted by Crippen LogP contribution is -2.60. The molecule has 5 heterocycles. The third kappa shape index (κ3) is 4.66. The molecule has 0 aliphatic carbocycles. The summed E-state index contributed by atoms with van der Waals surface area (Å²) in [6, 6.07) is 83.3. The van der Waals surface area contributed by atoms with Gasteiger partial charge in [0.1, 0.15) is 0 Å². The summed E-state index contributed by atoms with van der Waals surface area (Å²) >= 11 is 0. The van der Waals surface area contributed by atoms with Gasteiger partial charge in [-0.2, -0.15) is 0 Å². The lowest BCUT2D eigenvalue weighted by molar-refractivity contribution is 1.17. The highest BCUT2D eigenvalue weighted by molar-refractivity contribution is 6.93. The number of nitrogens with zero attached hydrogens (tertiary/aromatic N) is 4. The van der Waals surface area contributed by atoms with Crippen LogP contribution < -0.4 is 20.6 Å². The summed E-state index contributed by atoms with van der Waals surface area (Å²) < 4.78 is 5.10. The van der Waals surface area contributed by atoms with Crippen LogP contribution in [0.2, 0.25) is 0 Å². The van der Waals surface area contributed by atoms with E-state index < -0.39 is 0 Å². The molecule has 0 radical (unpaired) electrons. The van der Waals surface area contributed by atoms with Crippen LogP contribution in [0.5, 0.6) is 0 Å². The monoisotopic (exact) mass is 824 g/mol. The van der Waals surface area contributed by atoms with Gasteiger partial charge in [-0.15, -0.1) is 0 Å². The summed E-state index contributed by atoms with van der Waals surface area (Å²) in [7, 11) is 0.